The standard InChI is InChI=1S/C44H55N3O7/c1-9-27-16-38(46(21-27)43(51)54-44(6,7)8)42(50)53-23-39(48)29-11-13-31-30(17-29)22-52-40-20-32-28(18-34(31)40)12-14-35-33(32)19-36(45-35)37-15-10-25(4)47(37)41(49)26(5)24(2)3/h11,13,17-18,20,24-27,37-38H,9-10,12,14-16,19,21-23H2,1-8H3/t25-,26-,27-,37-,38?/m0/s1. The average Bonchev–Trinajstić information content (AvgIpc) is 3.88. The third kappa shape index (κ3) is 7.20. The largest absolute Gasteiger partial charge is 0.488 e. The van der Waals surface area contributed by atoms with Gasteiger partial charge in [-0.1, -0.05) is 46.2 Å². The number of carbonyl (C=O) groups is 4. The first kappa shape index (κ1) is 37.8. The van der Waals surface area contributed by atoms with E-state index in [2.05, 4.69) is 37.8 Å². The van der Waals surface area contributed by atoms with Crippen molar-refractivity contribution in [3.63, 3.8) is 0 Å². The Labute approximate surface area is 319 Å². The topological polar surface area (TPSA) is 115 Å². The molecular formula is C44H55N3O7. The number of amides is 2. The number of carbonyl (C=O) groups excluding carboxylic acids is 4. The van der Waals surface area contributed by atoms with Crippen LogP contribution >= 0.6 is 0 Å². The van der Waals surface area contributed by atoms with Gasteiger partial charge in [0.2, 0.25) is 5.91 Å². The van der Waals surface area contributed by atoms with Gasteiger partial charge in [0, 0.05) is 47.5 Å². The molecule has 0 bridgehead atoms. The first-order valence-electron chi connectivity index (χ1n) is 19.9. The molecule has 0 aromatic heterocycles. The molecule has 54 heavy (non-hydrogen) atoms. The lowest BCUT2D eigenvalue weighted by atomic mass is 9.83. The van der Waals surface area contributed by atoms with Crippen molar-refractivity contribution in [1.29, 1.82) is 0 Å². The molecule has 4 aliphatic heterocycles. The zero-order valence-corrected chi connectivity index (χ0v) is 33.1. The Hall–Kier alpha value is -4.47. The van der Waals surface area contributed by atoms with E-state index < -0.39 is 30.3 Å². The van der Waals surface area contributed by atoms with Crippen molar-refractivity contribution in [1.82, 2.24) is 9.80 Å². The molecule has 2 aromatic carbocycles. The summed E-state index contributed by atoms with van der Waals surface area (Å²) in [5.41, 5.74) is 8.61. The van der Waals surface area contributed by atoms with Crippen LogP contribution in [0.1, 0.15) is 121 Å². The molecule has 2 saturated heterocycles. The SMILES string of the molecule is CC[C@H]1CC(C(=O)OCC(=O)c2ccc3c(c2)COc2cc4c(cc2-3)CCC2=C4CC([C@@H]3CC[C@H](C)N3C(=O)[C@@H](C)C(C)C)=N2)N(C(=O)OC(C)(C)C)C1. The third-order valence-electron chi connectivity index (χ3n) is 12.2. The van der Waals surface area contributed by atoms with E-state index in [1.807, 2.05) is 26.0 Å². The van der Waals surface area contributed by atoms with Crippen molar-refractivity contribution >= 4 is 35.0 Å². The Balaban J connectivity index is 1.03. The van der Waals surface area contributed by atoms with Gasteiger partial charge in [0.1, 0.15) is 24.0 Å². The Morgan fingerprint density at radius 2 is 1.76 bits per heavy atom. The maximum Gasteiger partial charge on any atom is 0.411 e. The maximum absolute atomic E-state index is 13.6. The molecular weight excluding hydrogens is 682 g/mol. The van der Waals surface area contributed by atoms with E-state index in [0.717, 1.165) is 72.4 Å². The molecule has 288 valence electrons. The number of nitrogens with zero attached hydrogens (tertiary/aromatic N) is 3. The predicted molar refractivity (Wildman–Crippen MR) is 207 cm³/mol. The average molecular weight is 738 g/mol. The quantitative estimate of drug-likeness (QED) is 0.198. The Kier molecular flexibility index (Phi) is 10.3. The number of allylic oxidation sites excluding steroid dienone is 2. The van der Waals surface area contributed by atoms with Crippen LogP contribution in [0.3, 0.4) is 0 Å². The van der Waals surface area contributed by atoms with Crippen molar-refractivity contribution < 1.29 is 33.4 Å². The van der Waals surface area contributed by atoms with Crippen molar-refractivity contribution in [2.24, 2.45) is 22.7 Å². The molecule has 1 aliphatic carbocycles. The Morgan fingerprint density at radius 3 is 2.48 bits per heavy atom. The minimum atomic E-state index is -0.782. The van der Waals surface area contributed by atoms with E-state index in [0.29, 0.717) is 31.1 Å². The van der Waals surface area contributed by atoms with Gasteiger partial charge in [0.15, 0.2) is 12.4 Å². The lowest BCUT2D eigenvalue weighted by molar-refractivity contribution is -0.147. The summed E-state index contributed by atoms with van der Waals surface area (Å²) < 4.78 is 17.4. The highest BCUT2D eigenvalue weighted by Gasteiger charge is 2.43. The fourth-order valence-corrected chi connectivity index (χ4v) is 8.70. The highest BCUT2D eigenvalue weighted by Crippen LogP contribution is 2.47. The van der Waals surface area contributed by atoms with Gasteiger partial charge in [-0.2, -0.15) is 0 Å². The number of fused-ring (bicyclic) bond motifs is 5. The fourth-order valence-electron chi connectivity index (χ4n) is 8.70. The number of hydrogen-bond acceptors (Lipinski definition) is 8. The molecule has 5 atom stereocenters. The summed E-state index contributed by atoms with van der Waals surface area (Å²) in [6.07, 6.45) is 5.18. The second-order valence-electron chi connectivity index (χ2n) is 17.3. The number of ether oxygens (including phenoxy) is 3. The van der Waals surface area contributed by atoms with E-state index in [1.165, 1.54) is 21.6 Å². The molecule has 5 aliphatic rings. The summed E-state index contributed by atoms with van der Waals surface area (Å²) in [6, 6.07) is 9.44. The Bertz CT molecular complexity index is 1940. The second kappa shape index (κ2) is 14.6. The van der Waals surface area contributed by atoms with Crippen LogP contribution in [0.2, 0.25) is 0 Å². The third-order valence-corrected chi connectivity index (χ3v) is 12.2. The van der Waals surface area contributed by atoms with Crippen LogP contribution < -0.4 is 4.74 Å². The molecule has 7 rings (SSSR count). The lowest BCUT2D eigenvalue weighted by Gasteiger charge is -2.32. The van der Waals surface area contributed by atoms with Crippen molar-refractivity contribution in [2.45, 2.75) is 131 Å². The number of Topliss-reactive ketones (excluding diaryl/α,β-unsaturated/α-hetero) is 1. The number of benzene rings is 2. The molecule has 0 radical (unpaired) electrons. The van der Waals surface area contributed by atoms with Crippen LogP contribution in [-0.4, -0.2) is 76.1 Å². The molecule has 1 unspecified atom stereocenters. The van der Waals surface area contributed by atoms with E-state index in [4.69, 9.17) is 19.2 Å². The summed E-state index contributed by atoms with van der Waals surface area (Å²) in [4.78, 5) is 61.7. The molecule has 4 heterocycles. The van der Waals surface area contributed by atoms with Crippen LogP contribution in [0.4, 0.5) is 4.79 Å². The minimum absolute atomic E-state index is 0.0225. The number of likely N-dealkylation sites (tertiary alicyclic amines) is 2. The summed E-state index contributed by atoms with van der Waals surface area (Å²) in [5.74, 6) is 0.565. The number of esters is 1. The monoisotopic (exact) mass is 737 g/mol. The number of hydrogen-bond donors (Lipinski definition) is 0. The summed E-state index contributed by atoms with van der Waals surface area (Å²) in [7, 11) is 0. The van der Waals surface area contributed by atoms with Gasteiger partial charge in [-0.25, -0.2) is 9.59 Å². The molecule has 0 spiro atoms. The van der Waals surface area contributed by atoms with Gasteiger partial charge < -0.3 is 19.1 Å². The number of rotatable bonds is 8. The summed E-state index contributed by atoms with van der Waals surface area (Å²) in [6.45, 7) is 16.2. The van der Waals surface area contributed by atoms with E-state index in [-0.39, 0.29) is 35.6 Å². The van der Waals surface area contributed by atoms with E-state index in [1.54, 1.807) is 26.8 Å². The fraction of sp³-hybridized carbons (Fsp3) is 0.568. The molecule has 10 heteroatoms. The molecule has 0 saturated carbocycles. The van der Waals surface area contributed by atoms with Crippen LogP contribution in [0.25, 0.3) is 16.7 Å². The first-order valence-corrected chi connectivity index (χ1v) is 19.9. The molecule has 2 aromatic rings. The van der Waals surface area contributed by atoms with Gasteiger partial charge in [0.05, 0.1) is 6.04 Å². The Morgan fingerprint density at radius 1 is 0.981 bits per heavy atom. The second-order valence-corrected chi connectivity index (χ2v) is 17.3. The number of aryl methyl sites for hydroxylation is 1. The lowest BCUT2D eigenvalue weighted by Crippen LogP contribution is -2.47. The summed E-state index contributed by atoms with van der Waals surface area (Å²) in [5, 5.41) is 0. The van der Waals surface area contributed by atoms with E-state index in [9.17, 15) is 19.2 Å². The first-order chi connectivity index (χ1) is 25.6. The zero-order valence-electron chi connectivity index (χ0n) is 33.1. The van der Waals surface area contributed by atoms with Crippen LogP contribution in [0, 0.1) is 17.8 Å². The van der Waals surface area contributed by atoms with Gasteiger partial charge in [0.25, 0.3) is 0 Å². The molecule has 10 nitrogen and oxygen atoms in total. The minimum Gasteiger partial charge on any atom is -0.488 e. The van der Waals surface area contributed by atoms with Crippen molar-refractivity contribution in [3.8, 4) is 16.9 Å². The van der Waals surface area contributed by atoms with Gasteiger partial charge in [-0.05, 0) is 118 Å². The maximum atomic E-state index is 13.6. The van der Waals surface area contributed by atoms with Gasteiger partial charge in [-0.15, -0.1) is 0 Å². The molecule has 2 amide bonds. The van der Waals surface area contributed by atoms with Crippen LogP contribution in [-0.2, 0) is 32.1 Å². The molecule has 0 N–H and O–H groups in total. The highest BCUT2D eigenvalue weighted by molar-refractivity contribution is 6.05. The zero-order chi connectivity index (χ0) is 38.6. The predicted octanol–water partition coefficient (Wildman–Crippen LogP) is 8.18. The van der Waals surface area contributed by atoms with Crippen molar-refractivity contribution in [2.75, 3.05) is 13.2 Å². The number of aliphatic imine (C=N–C) groups is 1. The van der Waals surface area contributed by atoms with Gasteiger partial charge in [-0.3, -0.25) is 19.5 Å². The molecule has 2 fully saturated rings. The normalized spacial score (nSPS) is 23.6. The van der Waals surface area contributed by atoms with Crippen LogP contribution in [0.15, 0.2) is 41.0 Å². The van der Waals surface area contributed by atoms with E-state index >= 15 is 0 Å². The smallest absolute Gasteiger partial charge is 0.411 e. The van der Waals surface area contributed by atoms with Crippen LogP contribution in [0.5, 0.6) is 5.75 Å². The summed E-state index contributed by atoms with van der Waals surface area (Å²) >= 11 is 0. The highest BCUT2D eigenvalue weighted by atomic mass is 16.6. The van der Waals surface area contributed by atoms with Crippen molar-refractivity contribution in [3.05, 3.63) is 58.3 Å². The number of ketones is 1. The van der Waals surface area contributed by atoms with Gasteiger partial charge >= 0.3 is 12.1 Å².